The average Bonchev–Trinajstić information content (AvgIpc) is 3.09. The second kappa shape index (κ2) is 8.71. The fraction of sp³-hybridized carbons (Fsp3) is 0.333. The number of likely N-dealkylation sites (N-methyl/N-ethyl adjacent to an activating group) is 1. The summed E-state index contributed by atoms with van der Waals surface area (Å²) in [5, 5.41) is 15.9. The highest BCUT2D eigenvalue weighted by molar-refractivity contribution is 6.07. The number of hydrogen-bond acceptors (Lipinski definition) is 6. The first-order chi connectivity index (χ1) is 14.6. The summed E-state index contributed by atoms with van der Waals surface area (Å²) in [6.07, 6.45) is 13.5. The molecular weight excluding hydrogens is 372 g/mol. The molecule has 30 heavy (non-hydrogen) atoms. The highest BCUT2D eigenvalue weighted by atomic mass is 15.7. The van der Waals surface area contributed by atoms with E-state index in [1.807, 2.05) is 37.3 Å². The summed E-state index contributed by atoms with van der Waals surface area (Å²) >= 11 is 0. The van der Waals surface area contributed by atoms with Crippen molar-refractivity contribution in [1.82, 2.24) is 20.2 Å². The first-order valence-electron chi connectivity index (χ1n) is 10.6. The van der Waals surface area contributed by atoms with Crippen molar-refractivity contribution in [3.63, 3.8) is 0 Å². The molecule has 0 bridgehead atoms. The molecule has 1 aromatic rings. The van der Waals surface area contributed by atoms with E-state index in [-0.39, 0.29) is 6.04 Å². The summed E-state index contributed by atoms with van der Waals surface area (Å²) in [6.45, 7) is 8.12. The van der Waals surface area contributed by atoms with E-state index in [9.17, 15) is 0 Å². The molecule has 2 N–H and O–H groups in total. The van der Waals surface area contributed by atoms with Crippen molar-refractivity contribution < 1.29 is 0 Å². The number of benzene rings is 1. The molecular formula is C24H30N6. The van der Waals surface area contributed by atoms with E-state index in [1.54, 1.807) is 12.3 Å². The van der Waals surface area contributed by atoms with E-state index in [4.69, 9.17) is 10.4 Å². The number of likely N-dealkylation sites (tertiary alicyclic amines) is 1. The fourth-order valence-corrected chi connectivity index (χ4v) is 4.09. The van der Waals surface area contributed by atoms with Gasteiger partial charge in [-0.3, -0.25) is 0 Å². The predicted molar refractivity (Wildman–Crippen MR) is 123 cm³/mol. The van der Waals surface area contributed by atoms with E-state index < -0.39 is 0 Å². The maximum absolute atomic E-state index is 8.31. The highest BCUT2D eigenvalue weighted by Crippen LogP contribution is 2.32. The standard InChI is InChI=1S/C24H30N6/c1-4-20-16-23-27-22(26-12-11-21(25)19-10-8-9-18(2)15-19)17-24(30(23)28(20)3)29-13-6-5-7-14-29/h4,8-12,15-17,20,25H,1,5-7,13-14H2,2-3H3,(H,26,27)/b12-11-,25-21?. The molecule has 6 nitrogen and oxygen atoms in total. The fourth-order valence-electron chi connectivity index (χ4n) is 4.09. The third kappa shape index (κ3) is 4.09. The van der Waals surface area contributed by atoms with Crippen molar-refractivity contribution in [2.75, 3.05) is 20.1 Å². The van der Waals surface area contributed by atoms with E-state index in [0.717, 1.165) is 41.7 Å². The first-order valence-corrected chi connectivity index (χ1v) is 10.6. The largest absolute Gasteiger partial charge is 0.357 e. The Kier molecular flexibility index (Phi) is 5.86. The molecule has 0 saturated carbocycles. The maximum Gasteiger partial charge on any atom is 0.149 e. The summed E-state index contributed by atoms with van der Waals surface area (Å²) in [7, 11) is 2.07. The second-order valence-corrected chi connectivity index (χ2v) is 7.94. The Hall–Kier alpha value is -3.12. The predicted octanol–water partition coefficient (Wildman–Crippen LogP) is 3.76. The Morgan fingerprint density at radius 1 is 1.27 bits per heavy atom. The molecule has 4 rings (SSSR count). The molecule has 1 atom stereocenters. The third-order valence-electron chi connectivity index (χ3n) is 5.73. The molecule has 156 valence electrons. The molecule has 3 heterocycles. The minimum Gasteiger partial charge on any atom is -0.357 e. The van der Waals surface area contributed by atoms with Crippen molar-refractivity contribution in [3.05, 3.63) is 84.1 Å². The maximum atomic E-state index is 8.31. The highest BCUT2D eigenvalue weighted by Gasteiger charge is 2.35. The zero-order valence-electron chi connectivity index (χ0n) is 17.8. The quantitative estimate of drug-likeness (QED) is 0.582. The number of nitrogens with zero attached hydrogens (tertiary/aromatic N) is 4. The van der Waals surface area contributed by atoms with Crippen LogP contribution in [0.3, 0.4) is 0 Å². The van der Waals surface area contributed by atoms with Gasteiger partial charge >= 0.3 is 0 Å². The lowest BCUT2D eigenvalue weighted by atomic mass is 10.1. The Morgan fingerprint density at radius 3 is 2.80 bits per heavy atom. The van der Waals surface area contributed by atoms with Gasteiger partial charge in [-0.05, 0) is 50.0 Å². The Balaban J connectivity index is 1.54. The van der Waals surface area contributed by atoms with Gasteiger partial charge in [0.1, 0.15) is 17.5 Å². The van der Waals surface area contributed by atoms with Crippen LogP contribution in [-0.4, -0.2) is 52.6 Å². The minimum absolute atomic E-state index is 0.126. The number of fused-ring (bicyclic) bond motifs is 1. The molecule has 1 aromatic carbocycles. The second-order valence-electron chi connectivity index (χ2n) is 7.94. The molecule has 3 aliphatic heterocycles. The Bertz CT molecular complexity index is 948. The lowest BCUT2D eigenvalue weighted by Crippen LogP contribution is -2.46. The SMILES string of the molecule is C=CC1C=C2N=C(N/C=C\C(=N)c3cccc(C)c3)C=C(N3CCCCC3)N2N1C. The number of rotatable bonds is 5. The van der Waals surface area contributed by atoms with Crippen LogP contribution in [0.2, 0.25) is 0 Å². The molecule has 0 radical (unpaired) electrons. The van der Waals surface area contributed by atoms with Crippen molar-refractivity contribution in [2.24, 2.45) is 4.99 Å². The van der Waals surface area contributed by atoms with Gasteiger partial charge in [-0.2, -0.15) is 0 Å². The van der Waals surface area contributed by atoms with Crippen molar-refractivity contribution in [1.29, 1.82) is 5.41 Å². The molecule has 3 aliphatic rings. The van der Waals surface area contributed by atoms with Crippen molar-refractivity contribution >= 4 is 11.5 Å². The van der Waals surface area contributed by atoms with Crippen LogP contribution in [0.15, 0.2) is 78.0 Å². The van der Waals surface area contributed by atoms with Crippen LogP contribution in [0.25, 0.3) is 0 Å². The topological polar surface area (TPSA) is 58.0 Å². The lowest BCUT2D eigenvalue weighted by molar-refractivity contribution is 0.0405. The van der Waals surface area contributed by atoms with E-state index in [0.29, 0.717) is 5.71 Å². The van der Waals surface area contributed by atoms with Crippen LogP contribution in [0.4, 0.5) is 0 Å². The van der Waals surface area contributed by atoms with E-state index in [1.165, 1.54) is 19.3 Å². The number of allylic oxidation sites excluding steroid dienone is 1. The molecule has 0 amide bonds. The number of hydrazine groups is 1. The first kappa shape index (κ1) is 20.2. The van der Waals surface area contributed by atoms with Gasteiger partial charge in [0.25, 0.3) is 0 Å². The number of piperidine rings is 1. The molecule has 1 unspecified atom stereocenters. The van der Waals surface area contributed by atoms with Crippen LogP contribution in [0.5, 0.6) is 0 Å². The van der Waals surface area contributed by atoms with Gasteiger partial charge in [0, 0.05) is 32.4 Å². The smallest absolute Gasteiger partial charge is 0.149 e. The van der Waals surface area contributed by atoms with Crippen LogP contribution in [0.1, 0.15) is 30.4 Å². The normalized spacial score (nSPS) is 21.8. The van der Waals surface area contributed by atoms with Crippen molar-refractivity contribution in [2.45, 2.75) is 32.2 Å². The van der Waals surface area contributed by atoms with Crippen LogP contribution < -0.4 is 5.32 Å². The third-order valence-corrected chi connectivity index (χ3v) is 5.73. The lowest BCUT2D eigenvalue weighted by Gasteiger charge is -2.41. The summed E-state index contributed by atoms with van der Waals surface area (Å²) in [6, 6.07) is 8.12. The van der Waals surface area contributed by atoms with Gasteiger partial charge in [0.2, 0.25) is 0 Å². The number of amidine groups is 1. The monoisotopic (exact) mass is 402 g/mol. The number of aliphatic imine (C=N–C) groups is 1. The van der Waals surface area contributed by atoms with Crippen molar-refractivity contribution in [3.8, 4) is 0 Å². The molecule has 1 saturated heterocycles. The Labute approximate surface area is 179 Å². The molecule has 1 fully saturated rings. The zero-order chi connectivity index (χ0) is 21.1. The van der Waals surface area contributed by atoms with Gasteiger partial charge in [-0.15, -0.1) is 6.58 Å². The molecule has 0 aromatic heterocycles. The molecule has 6 heteroatoms. The summed E-state index contributed by atoms with van der Waals surface area (Å²) in [5.74, 6) is 2.84. The number of aryl methyl sites for hydroxylation is 1. The van der Waals surface area contributed by atoms with E-state index in [2.05, 4.69) is 46.0 Å². The van der Waals surface area contributed by atoms with Gasteiger partial charge in [-0.25, -0.2) is 15.0 Å². The van der Waals surface area contributed by atoms with Crippen LogP contribution in [-0.2, 0) is 0 Å². The zero-order valence-corrected chi connectivity index (χ0v) is 17.8. The molecule has 0 aliphatic carbocycles. The van der Waals surface area contributed by atoms with Gasteiger partial charge < -0.3 is 15.6 Å². The summed E-state index contributed by atoms with van der Waals surface area (Å²) < 4.78 is 0. The van der Waals surface area contributed by atoms with Crippen LogP contribution >= 0.6 is 0 Å². The minimum atomic E-state index is 0.126. The number of hydrogen-bond donors (Lipinski definition) is 2. The van der Waals surface area contributed by atoms with Gasteiger partial charge in [0.15, 0.2) is 0 Å². The van der Waals surface area contributed by atoms with Gasteiger partial charge in [-0.1, -0.05) is 29.8 Å². The van der Waals surface area contributed by atoms with Crippen LogP contribution in [0, 0.1) is 12.3 Å². The number of nitrogens with one attached hydrogen (secondary N) is 2. The summed E-state index contributed by atoms with van der Waals surface area (Å²) in [4.78, 5) is 7.24. The van der Waals surface area contributed by atoms with Gasteiger partial charge in [0.05, 0.1) is 11.8 Å². The van der Waals surface area contributed by atoms with E-state index >= 15 is 0 Å². The average molecular weight is 403 g/mol. The molecule has 0 spiro atoms. The Morgan fingerprint density at radius 2 is 2.07 bits per heavy atom. The summed E-state index contributed by atoms with van der Waals surface area (Å²) in [5.41, 5.74) is 2.53.